The fraction of sp³-hybridized carbons (Fsp3) is 0. The predicted molar refractivity (Wildman–Crippen MR) is 43.4 cm³/mol. The lowest BCUT2D eigenvalue weighted by atomic mass is 10.2. The lowest BCUT2D eigenvalue weighted by molar-refractivity contribution is 0.448. The molecule has 0 N–H and O–H groups in total. The first-order chi connectivity index (χ1) is 7.11. The lowest BCUT2D eigenvalue weighted by Crippen LogP contribution is -2.04. The summed E-state index contributed by atoms with van der Waals surface area (Å²) >= 11 is 0. The lowest BCUT2D eigenvalue weighted by Gasteiger charge is -2.06. The molecule has 2 rings (SSSR count). The number of aromatic nitrogens is 2. The Morgan fingerprint density at radius 1 is 1.00 bits per heavy atom. The molecule has 0 radical (unpaired) electrons. The summed E-state index contributed by atoms with van der Waals surface area (Å²) in [5.74, 6) is -5.80. The molecule has 0 saturated carbocycles. The van der Waals surface area contributed by atoms with Crippen molar-refractivity contribution in [3.63, 3.8) is 0 Å². The largest absolute Gasteiger partial charge is 0.301 e. The molecule has 0 saturated heterocycles. The SMILES string of the molecule is Fc1cc(F)c(F)c(-n2ccnc2)c1F. The second kappa shape index (κ2) is 3.38. The van der Waals surface area contributed by atoms with Crippen molar-refractivity contribution >= 4 is 0 Å². The second-order valence-corrected chi connectivity index (χ2v) is 2.79. The number of hydrogen-bond acceptors (Lipinski definition) is 1. The number of halogens is 4. The van der Waals surface area contributed by atoms with E-state index >= 15 is 0 Å². The maximum Gasteiger partial charge on any atom is 0.186 e. The molecule has 0 aliphatic heterocycles. The Labute approximate surface area is 81.8 Å². The minimum Gasteiger partial charge on any atom is -0.301 e. The maximum absolute atomic E-state index is 13.2. The van der Waals surface area contributed by atoms with Crippen LogP contribution in [-0.2, 0) is 0 Å². The summed E-state index contributed by atoms with van der Waals surface area (Å²) in [6, 6.07) is 0.158. The summed E-state index contributed by atoms with van der Waals surface area (Å²) in [5.41, 5.74) is -0.815. The van der Waals surface area contributed by atoms with Crippen LogP contribution in [0.5, 0.6) is 0 Å². The van der Waals surface area contributed by atoms with Gasteiger partial charge in [-0.25, -0.2) is 22.5 Å². The molecule has 0 amide bonds. The van der Waals surface area contributed by atoms with Crippen LogP contribution in [0.4, 0.5) is 17.6 Å². The zero-order chi connectivity index (χ0) is 11.0. The van der Waals surface area contributed by atoms with E-state index in [9.17, 15) is 17.6 Å². The third-order valence-electron chi connectivity index (χ3n) is 1.85. The zero-order valence-corrected chi connectivity index (χ0v) is 7.22. The molecule has 0 spiro atoms. The molecule has 0 aliphatic rings. The van der Waals surface area contributed by atoms with Gasteiger partial charge in [0.25, 0.3) is 0 Å². The van der Waals surface area contributed by atoms with Crippen molar-refractivity contribution in [2.45, 2.75) is 0 Å². The second-order valence-electron chi connectivity index (χ2n) is 2.79. The summed E-state index contributed by atoms with van der Waals surface area (Å²) in [4.78, 5) is 3.52. The van der Waals surface area contributed by atoms with Gasteiger partial charge in [-0.05, 0) is 0 Å². The van der Waals surface area contributed by atoms with Crippen LogP contribution in [0, 0.1) is 23.3 Å². The fourth-order valence-electron chi connectivity index (χ4n) is 1.18. The first-order valence-corrected chi connectivity index (χ1v) is 3.92. The average Bonchev–Trinajstić information content (AvgIpc) is 2.69. The highest BCUT2D eigenvalue weighted by Gasteiger charge is 2.19. The molecule has 0 bridgehead atoms. The number of benzene rings is 1. The van der Waals surface area contributed by atoms with E-state index in [0.29, 0.717) is 0 Å². The first kappa shape index (κ1) is 9.70. The highest BCUT2D eigenvalue weighted by Crippen LogP contribution is 2.22. The van der Waals surface area contributed by atoms with E-state index < -0.39 is 29.0 Å². The van der Waals surface area contributed by atoms with E-state index in [2.05, 4.69) is 4.98 Å². The minimum atomic E-state index is -1.45. The molecule has 2 nitrogen and oxygen atoms in total. The number of rotatable bonds is 1. The molecular weight excluding hydrogens is 212 g/mol. The van der Waals surface area contributed by atoms with Crippen LogP contribution in [0.25, 0.3) is 5.69 Å². The molecular formula is C9H4F4N2. The molecule has 15 heavy (non-hydrogen) atoms. The minimum absolute atomic E-state index is 0.158. The zero-order valence-electron chi connectivity index (χ0n) is 7.22. The number of nitrogens with zero attached hydrogens (tertiary/aromatic N) is 2. The Bertz CT molecular complexity index is 467. The summed E-state index contributed by atoms with van der Waals surface area (Å²) in [7, 11) is 0. The molecule has 0 unspecified atom stereocenters. The van der Waals surface area contributed by atoms with Crippen molar-refractivity contribution in [2.24, 2.45) is 0 Å². The summed E-state index contributed by atoms with van der Waals surface area (Å²) in [6.45, 7) is 0. The number of imidazole rings is 1. The van der Waals surface area contributed by atoms with E-state index in [-0.39, 0.29) is 6.07 Å². The molecule has 2 aromatic rings. The van der Waals surface area contributed by atoms with Gasteiger partial charge in [0.15, 0.2) is 23.3 Å². The maximum atomic E-state index is 13.2. The molecule has 6 heteroatoms. The monoisotopic (exact) mass is 216 g/mol. The van der Waals surface area contributed by atoms with Gasteiger partial charge in [-0.15, -0.1) is 0 Å². The fourth-order valence-corrected chi connectivity index (χ4v) is 1.18. The van der Waals surface area contributed by atoms with E-state index in [4.69, 9.17) is 0 Å². The van der Waals surface area contributed by atoms with Crippen molar-refractivity contribution in [3.8, 4) is 5.69 Å². The Hall–Kier alpha value is -1.85. The summed E-state index contributed by atoms with van der Waals surface area (Å²) < 4.78 is 52.8. The predicted octanol–water partition coefficient (Wildman–Crippen LogP) is 2.43. The van der Waals surface area contributed by atoms with E-state index in [1.54, 1.807) is 0 Å². The van der Waals surface area contributed by atoms with Crippen LogP contribution < -0.4 is 0 Å². The van der Waals surface area contributed by atoms with E-state index in [1.165, 1.54) is 12.4 Å². The molecule has 0 atom stereocenters. The highest BCUT2D eigenvalue weighted by molar-refractivity contribution is 5.36. The first-order valence-electron chi connectivity index (χ1n) is 3.92. The normalized spacial score (nSPS) is 10.7. The van der Waals surface area contributed by atoms with Gasteiger partial charge in [-0.1, -0.05) is 0 Å². The van der Waals surface area contributed by atoms with Gasteiger partial charge in [0.2, 0.25) is 0 Å². The van der Waals surface area contributed by atoms with E-state index in [1.807, 2.05) is 0 Å². The topological polar surface area (TPSA) is 17.8 Å². The van der Waals surface area contributed by atoms with Gasteiger partial charge >= 0.3 is 0 Å². The van der Waals surface area contributed by atoms with Crippen molar-refractivity contribution in [3.05, 3.63) is 48.1 Å². The van der Waals surface area contributed by atoms with Gasteiger partial charge in [0.05, 0.1) is 6.33 Å². The third-order valence-corrected chi connectivity index (χ3v) is 1.85. The van der Waals surface area contributed by atoms with Gasteiger partial charge in [0.1, 0.15) is 5.69 Å². The Balaban J connectivity index is 2.75. The van der Waals surface area contributed by atoms with Crippen LogP contribution in [0.15, 0.2) is 24.8 Å². The standard InChI is InChI=1S/C9H4F4N2/c10-5-3-6(11)8(13)9(7(5)12)15-2-1-14-4-15/h1-4H. The van der Waals surface area contributed by atoms with Crippen molar-refractivity contribution in [2.75, 3.05) is 0 Å². The van der Waals surface area contributed by atoms with Crippen LogP contribution in [-0.4, -0.2) is 9.55 Å². The van der Waals surface area contributed by atoms with Crippen molar-refractivity contribution < 1.29 is 17.6 Å². The Morgan fingerprint density at radius 2 is 1.60 bits per heavy atom. The molecule has 1 aromatic heterocycles. The molecule has 1 heterocycles. The van der Waals surface area contributed by atoms with Crippen LogP contribution in [0.3, 0.4) is 0 Å². The van der Waals surface area contributed by atoms with Gasteiger partial charge < -0.3 is 4.57 Å². The average molecular weight is 216 g/mol. The van der Waals surface area contributed by atoms with Gasteiger partial charge in [0, 0.05) is 18.5 Å². The summed E-state index contributed by atoms with van der Waals surface area (Å²) in [6.07, 6.45) is 3.46. The smallest absolute Gasteiger partial charge is 0.186 e. The Kier molecular flexibility index (Phi) is 2.18. The van der Waals surface area contributed by atoms with Crippen LogP contribution >= 0.6 is 0 Å². The molecule has 0 fully saturated rings. The summed E-state index contributed by atoms with van der Waals surface area (Å²) in [5, 5.41) is 0. The van der Waals surface area contributed by atoms with Crippen molar-refractivity contribution in [1.29, 1.82) is 0 Å². The van der Waals surface area contributed by atoms with E-state index in [0.717, 1.165) is 10.9 Å². The number of hydrogen-bond donors (Lipinski definition) is 0. The quantitative estimate of drug-likeness (QED) is 0.528. The molecule has 1 aromatic carbocycles. The highest BCUT2D eigenvalue weighted by atomic mass is 19.2. The molecule has 78 valence electrons. The van der Waals surface area contributed by atoms with Crippen molar-refractivity contribution in [1.82, 2.24) is 9.55 Å². The Morgan fingerprint density at radius 3 is 2.07 bits per heavy atom. The van der Waals surface area contributed by atoms with Gasteiger partial charge in [-0.3, -0.25) is 0 Å². The van der Waals surface area contributed by atoms with Crippen LogP contribution in [0.2, 0.25) is 0 Å². The third kappa shape index (κ3) is 1.47. The molecule has 0 aliphatic carbocycles. The van der Waals surface area contributed by atoms with Gasteiger partial charge in [-0.2, -0.15) is 0 Å². The van der Waals surface area contributed by atoms with Crippen LogP contribution in [0.1, 0.15) is 0 Å².